The maximum absolute atomic E-state index is 14.7. The molecule has 1 atom stereocenters. The van der Waals surface area contributed by atoms with Crippen molar-refractivity contribution in [1.29, 1.82) is 0 Å². The molecule has 11 nitrogen and oxygen atoms in total. The number of amides is 1. The zero-order valence-electron chi connectivity index (χ0n) is 27.9. The van der Waals surface area contributed by atoms with Gasteiger partial charge in [0.1, 0.15) is 29.5 Å². The van der Waals surface area contributed by atoms with E-state index in [0.717, 1.165) is 75.8 Å². The number of benzene rings is 2. The van der Waals surface area contributed by atoms with Crippen molar-refractivity contribution < 1.29 is 23.1 Å². The molecule has 3 saturated heterocycles. The number of anilines is 5. The Morgan fingerprint density at radius 3 is 2.53 bits per heavy atom. The van der Waals surface area contributed by atoms with Gasteiger partial charge in [-0.25, -0.2) is 23.8 Å². The highest BCUT2D eigenvalue weighted by atomic mass is 19.1. The number of carbonyl (C=O) groups is 1. The summed E-state index contributed by atoms with van der Waals surface area (Å²) in [4.78, 5) is 34.7. The number of hydrogen-bond acceptors (Lipinski definition) is 10. The normalized spacial score (nSPS) is 20.8. The Morgan fingerprint density at radius 1 is 1.00 bits per heavy atom. The van der Waals surface area contributed by atoms with Gasteiger partial charge in [0.2, 0.25) is 5.91 Å². The molecule has 49 heavy (non-hydrogen) atoms. The summed E-state index contributed by atoms with van der Waals surface area (Å²) >= 11 is 0. The number of nitrogens with one attached hydrogen (secondary N) is 2. The number of carbonyl (C=O) groups excluding carboxylic acids is 1. The molecule has 1 aliphatic carbocycles. The predicted octanol–water partition coefficient (Wildman–Crippen LogP) is 5.51. The molecule has 4 fully saturated rings. The average Bonchev–Trinajstić information content (AvgIpc) is 3.81. The van der Waals surface area contributed by atoms with Gasteiger partial charge in [-0.2, -0.15) is 0 Å². The average molecular weight is 675 g/mol. The minimum Gasteiger partial charge on any atom is -0.494 e. The summed E-state index contributed by atoms with van der Waals surface area (Å²) in [5.41, 5.74) is 2.27. The summed E-state index contributed by atoms with van der Waals surface area (Å²) < 4.78 is 34.5. The van der Waals surface area contributed by atoms with Crippen LogP contribution in [0.25, 0.3) is 0 Å². The number of halogens is 2. The molecule has 2 N–H and O–H groups in total. The molecule has 0 unspecified atom stereocenters. The van der Waals surface area contributed by atoms with Gasteiger partial charge in [-0.05, 0) is 61.9 Å². The van der Waals surface area contributed by atoms with E-state index in [4.69, 9.17) is 9.57 Å². The predicted molar refractivity (Wildman–Crippen MR) is 185 cm³/mol. The quantitative estimate of drug-likeness (QED) is 0.254. The number of hydrogen-bond donors (Lipinski definition) is 2. The number of piperidine rings is 1. The molecule has 1 saturated carbocycles. The van der Waals surface area contributed by atoms with Crippen LogP contribution in [0.15, 0.2) is 55.4 Å². The topological polar surface area (TPSA) is 98.3 Å². The molecule has 2 aromatic carbocycles. The third kappa shape index (κ3) is 7.63. The van der Waals surface area contributed by atoms with E-state index >= 15 is 0 Å². The monoisotopic (exact) mass is 674 g/mol. The van der Waals surface area contributed by atoms with Crippen LogP contribution in [0.3, 0.4) is 0 Å². The zero-order valence-corrected chi connectivity index (χ0v) is 27.9. The second-order valence-electron chi connectivity index (χ2n) is 13.3. The first kappa shape index (κ1) is 33.2. The molecule has 7 rings (SSSR count). The van der Waals surface area contributed by atoms with Crippen molar-refractivity contribution in [3.8, 4) is 5.75 Å². The number of rotatable bonds is 11. The van der Waals surface area contributed by atoms with Gasteiger partial charge in [-0.15, -0.1) is 0 Å². The van der Waals surface area contributed by atoms with E-state index < -0.39 is 17.7 Å². The Kier molecular flexibility index (Phi) is 9.92. The van der Waals surface area contributed by atoms with Crippen molar-refractivity contribution in [3.63, 3.8) is 0 Å². The van der Waals surface area contributed by atoms with E-state index in [9.17, 15) is 13.6 Å². The largest absolute Gasteiger partial charge is 0.494 e. The van der Waals surface area contributed by atoms with E-state index in [2.05, 4.69) is 41.9 Å². The summed E-state index contributed by atoms with van der Waals surface area (Å²) in [5.74, 6) is 0.945. The Morgan fingerprint density at radius 2 is 1.80 bits per heavy atom. The molecule has 0 bridgehead atoms. The standard InChI is InChI=1S/C36H44F2N8O3/c1-3-36(47)42-29-19-30(41-34-21-35(40-23-39-34)46-31(10-17-49-46)27-18-25(37)6-7-28(27)38)33(48-2)20-32(29)45-11-8-26(9-12-45)44-15-13-43(14-16-44)22-24-4-5-24/h3,6-7,18-21,23-24,26,31H,1,4-5,8-17,22H2,2H3,(H,42,47)(H,39,40,41)/t31-/m1/s1. The second kappa shape index (κ2) is 14.7. The fourth-order valence-corrected chi connectivity index (χ4v) is 7.25. The van der Waals surface area contributed by atoms with Gasteiger partial charge in [0, 0.05) is 76.0 Å². The van der Waals surface area contributed by atoms with Crippen LogP contribution in [0.4, 0.5) is 37.5 Å². The van der Waals surface area contributed by atoms with E-state index in [1.807, 2.05) is 12.1 Å². The molecule has 1 amide bonds. The van der Waals surface area contributed by atoms with Crippen LogP contribution in [0.5, 0.6) is 5.75 Å². The first-order valence-corrected chi connectivity index (χ1v) is 17.2. The van der Waals surface area contributed by atoms with Crippen LogP contribution < -0.4 is 25.3 Å². The van der Waals surface area contributed by atoms with Crippen LogP contribution in [-0.2, 0) is 9.63 Å². The van der Waals surface area contributed by atoms with Crippen molar-refractivity contribution >= 4 is 34.6 Å². The maximum atomic E-state index is 14.7. The summed E-state index contributed by atoms with van der Waals surface area (Å²) in [6.07, 6.45) is 7.97. The minimum absolute atomic E-state index is 0.195. The number of hydroxylamine groups is 1. The Labute approximate surface area is 285 Å². The summed E-state index contributed by atoms with van der Waals surface area (Å²) in [5, 5.41) is 7.77. The molecule has 4 aliphatic rings. The summed E-state index contributed by atoms with van der Waals surface area (Å²) in [6.45, 7) is 11.5. The van der Waals surface area contributed by atoms with Crippen molar-refractivity contribution in [1.82, 2.24) is 19.8 Å². The van der Waals surface area contributed by atoms with Gasteiger partial charge in [0.05, 0.1) is 36.8 Å². The van der Waals surface area contributed by atoms with Crippen LogP contribution in [0, 0.1) is 17.6 Å². The van der Waals surface area contributed by atoms with Crippen LogP contribution >= 0.6 is 0 Å². The van der Waals surface area contributed by atoms with Crippen molar-refractivity contribution in [2.45, 2.75) is 44.2 Å². The van der Waals surface area contributed by atoms with Gasteiger partial charge in [0.25, 0.3) is 0 Å². The number of piperazine rings is 1. The molecule has 260 valence electrons. The summed E-state index contributed by atoms with van der Waals surface area (Å²) in [6, 6.07) is 8.83. The molecule has 0 spiro atoms. The highest BCUT2D eigenvalue weighted by Crippen LogP contribution is 2.41. The zero-order chi connectivity index (χ0) is 33.9. The number of nitrogens with zero attached hydrogens (tertiary/aromatic N) is 6. The maximum Gasteiger partial charge on any atom is 0.247 e. The lowest BCUT2D eigenvalue weighted by Gasteiger charge is -2.43. The Hall–Kier alpha value is -4.33. The van der Waals surface area contributed by atoms with E-state index in [0.29, 0.717) is 47.8 Å². The van der Waals surface area contributed by atoms with Gasteiger partial charge in [0.15, 0.2) is 5.82 Å². The lowest BCUT2D eigenvalue weighted by Crippen LogP contribution is -2.53. The number of ether oxygens (including phenoxy) is 1. The lowest BCUT2D eigenvalue weighted by atomic mass is 10.0. The summed E-state index contributed by atoms with van der Waals surface area (Å²) in [7, 11) is 1.60. The fourth-order valence-electron chi connectivity index (χ4n) is 7.25. The first-order chi connectivity index (χ1) is 23.9. The van der Waals surface area contributed by atoms with Gasteiger partial charge >= 0.3 is 0 Å². The van der Waals surface area contributed by atoms with Crippen molar-refractivity contribution in [2.24, 2.45) is 5.92 Å². The molecular weight excluding hydrogens is 630 g/mol. The van der Waals surface area contributed by atoms with Gasteiger partial charge in [-0.3, -0.25) is 14.5 Å². The molecule has 3 aliphatic heterocycles. The van der Waals surface area contributed by atoms with Gasteiger partial charge in [-0.1, -0.05) is 6.58 Å². The Bertz CT molecular complexity index is 1660. The van der Waals surface area contributed by atoms with E-state index in [1.165, 1.54) is 42.9 Å². The van der Waals surface area contributed by atoms with Crippen molar-refractivity contribution in [2.75, 3.05) is 80.1 Å². The number of aromatic nitrogens is 2. The number of methoxy groups -OCH3 is 1. The van der Waals surface area contributed by atoms with Crippen LogP contribution in [0.2, 0.25) is 0 Å². The second-order valence-corrected chi connectivity index (χ2v) is 13.3. The van der Waals surface area contributed by atoms with Gasteiger partial charge < -0.3 is 25.2 Å². The third-order valence-electron chi connectivity index (χ3n) is 10.1. The smallest absolute Gasteiger partial charge is 0.247 e. The molecule has 0 radical (unpaired) electrons. The highest BCUT2D eigenvalue weighted by Gasteiger charge is 2.33. The highest BCUT2D eigenvalue weighted by molar-refractivity contribution is 6.02. The van der Waals surface area contributed by atoms with Crippen molar-refractivity contribution in [3.05, 3.63) is 72.6 Å². The minimum atomic E-state index is -0.561. The third-order valence-corrected chi connectivity index (χ3v) is 10.1. The fraction of sp³-hybridized carbons (Fsp3) is 0.472. The molecule has 4 heterocycles. The van der Waals surface area contributed by atoms with Crippen LogP contribution in [-0.4, -0.2) is 91.2 Å². The first-order valence-electron chi connectivity index (χ1n) is 17.2. The van der Waals surface area contributed by atoms with E-state index in [1.54, 1.807) is 13.2 Å². The lowest BCUT2D eigenvalue weighted by molar-refractivity contribution is -0.111. The SMILES string of the molecule is C=CC(=O)Nc1cc(Nc2cc(N3OCC[C@@H]3c3cc(F)ccc3F)ncn2)c(OC)cc1N1CCC(N2CCN(CC3CC3)CC2)CC1. The van der Waals surface area contributed by atoms with Crippen LogP contribution in [0.1, 0.15) is 43.7 Å². The molecular formula is C36H44F2N8O3. The van der Waals surface area contributed by atoms with E-state index in [-0.39, 0.29) is 11.5 Å². The Balaban J connectivity index is 1.07. The molecule has 13 heteroatoms. The molecule has 1 aromatic heterocycles. The molecule has 3 aromatic rings.